The number of hydrogen-bond acceptors (Lipinski definition) is 0. The molecular formula is C11H12. The summed E-state index contributed by atoms with van der Waals surface area (Å²) in [7, 11) is 0. The molecule has 0 saturated carbocycles. The van der Waals surface area contributed by atoms with E-state index in [2.05, 4.69) is 50.3 Å². The molecular weight excluding hydrogens is 132 g/mol. The van der Waals surface area contributed by atoms with E-state index in [1.54, 1.807) is 0 Å². The summed E-state index contributed by atoms with van der Waals surface area (Å²) in [4.78, 5) is 0. The van der Waals surface area contributed by atoms with Crippen LogP contribution in [0.5, 0.6) is 0 Å². The highest BCUT2D eigenvalue weighted by atomic mass is 14.3. The molecule has 0 fully saturated rings. The third-order valence-corrected chi connectivity index (χ3v) is 2.34. The zero-order valence-corrected chi connectivity index (χ0v) is 6.96. The van der Waals surface area contributed by atoms with Crippen LogP contribution in [0.3, 0.4) is 0 Å². The summed E-state index contributed by atoms with van der Waals surface area (Å²) in [6.07, 6.45) is 4.47. The minimum Gasteiger partial charge on any atom is -0.0733 e. The van der Waals surface area contributed by atoms with Gasteiger partial charge in [0.05, 0.1) is 0 Å². The Bertz CT molecular complexity index is 284. The zero-order valence-electron chi connectivity index (χ0n) is 6.96. The summed E-state index contributed by atoms with van der Waals surface area (Å²) in [5.74, 6) is 0. The normalized spacial score (nSPS) is 18.4. The summed E-state index contributed by atoms with van der Waals surface area (Å²) in [6, 6.07) is 8.74. The van der Waals surface area contributed by atoms with Gasteiger partial charge in [0.25, 0.3) is 0 Å². The third-order valence-electron chi connectivity index (χ3n) is 2.34. The number of hydrogen-bond donors (Lipinski definition) is 0. The molecule has 1 aromatic carbocycles. The molecule has 0 nitrogen and oxygen atoms in total. The van der Waals surface area contributed by atoms with Crippen LogP contribution in [0.1, 0.15) is 18.1 Å². The molecule has 0 aromatic heterocycles. The van der Waals surface area contributed by atoms with Crippen molar-refractivity contribution in [2.45, 2.75) is 19.3 Å². The lowest BCUT2D eigenvalue weighted by Gasteiger charge is -2.08. The van der Waals surface area contributed by atoms with Gasteiger partial charge in [-0.1, -0.05) is 42.0 Å². The molecule has 0 saturated heterocycles. The lowest BCUT2D eigenvalue weighted by Crippen LogP contribution is -2.00. The molecule has 0 heterocycles. The smallest absolute Gasteiger partial charge is 0.0284 e. The summed E-state index contributed by atoms with van der Waals surface area (Å²) >= 11 is 0. The fourth-order valence-electron chi connectivity index (χ4n) is 1.23. The summed E-state index contributed by atoms with van der Waals surface area (Å²) < 4.78 is 0. The van der Waals surface area contributed by atoms with Crippen molar-refractivity contribution in [3.63, 3.8) is 0 Å². The Labute approximate surface area is 67.6 Å². The third kappa shape index (κ3) is 1.09. The molecule has 56 valence electrons. The lowest BCUT2D eigenvalue weighted by atomic mass is 9.95. The Kier molecular flexibility index (Phi) is 1.19. The van der Waals surface area contributed by atoms with Gasteiger partial charge in [0.1, 0.15) is 0 Å². The molecule has 0 radical (unpaired) electrons. The highest BCUT2D eigenvalue weighted by Gasteiger charge is 2.29. The van der Waals surface area contributed by atoms with Gasteiger partial charge < -0.3 is 0 Å². The first kappa shape index (κ1) is 6.66. The summed E-state index contributed by atoms with van der Waals surface area (Å²) in [6.45, 7) is 4.35. The van der Waals surface area contributed by atoms with E-state index in [4.69, 9.17) is 0 Å². The Morgan fingerprint density at radius 3 is 2.00 bits per heavy atom. The van der Waals surface area contributed by atoms with Crippen molar-refractivity contribution in [3.05, 3.63) is 47.5 Å². The van der Waals surface area contributed by atoms with Crippen LogP contribution >= 0.6 is 0 Å². The fourth-order valence-corrected chi connectivity index (χ4v) is 1.23. The minimum absolute atomic E-state index is 0.285. The van der Waals surface area contributed by atoms with Gasteiger partial charge in [-0.15, -0.1) is 0 Å². The maximum Gasteiger partial charge on any atom is 0.0284 e. The SMILES string of the molecule is Cc1ccc(C2(C)C=C2)cc1. The van der Waals surface area contributed by atoms with E-state index in [9.17, 15) is 0 Å². The molecule has 0 N–H and O–H groups in total. The molecule has 0 heteroatoms. The van der Waals surface area contributed by atoms with Crippen LogP contribution in [0.25, 0.3) is 0 Å². The molecule has 0 spiro atoms. The van der Waals surface area contributed by atoms with Gasteiger partial charge in [-0.2, -0.15) is 0 Å². The van der Waals surface area contributed by atoms with Crippen LogP contribution in [0.4, 0.5) is 0 Å². The van der Waals surface area contributed by atoms with Crippen molar-refractivity contribution in [2.24, 2.45) is 0 Å². The Morgan fingerprint density at radius 1 is 1.00 bits per heavy atom. The average Bonchev–Trinajstić information content (AvgIpc) is 2.70. The van der Waals surface area contributed by atoms with Crippen LogP contribution in [0, 0.1) is 6.92 Å². The van der Waals surface area contributed by atoms with Gasteiger partial charge in [-0.25, -0.2) is 0 Å². The van der Waals surface area contributed by atoms with E-state index in [0.29, 0.717) is 0 Å². The fraction of sp³-hybridized carbons (Fsp3) is 0.273. The molecule has 11 heavy (non-hydrogen) atoms. The number of benzene rings is 1. The first-order valence-electron chi connectivity index (χ1n) is 3.98. The molecule has 1 aromatic rings. The summed E-state index contributed by atoms with van der Waals surface area (Å²) in [5.41, 5.74) is 3.02. The Morgan fingerprint density at radius 2 is 1.55 bits per heavy atom. The monoisotopic (exact) mass is 144 g/mol. The van der Waals surface area contributed by atoms with E-state index in [1.807, 2.05) is 0 Å². The van der Waals surface area contributed by atoms with Crippen LogP contribution in [0.15, 0.2) is 36.4 Å². The highest BCUT2D eigenvalue weighted by molar-refractivity contribution is 5.46. The van der Waals surface area contributed by atoms with Crippen LogP contribution in [0.2, 0.25) is 0 Å². The Balaban J connectivity index is 2.34. The highest BCUT2D eigenvalue weighted by Crippen LogP contribution is 2.37. The zero-order chi connectivity index (χ0) is 7.90. The first-order valence-corrected chi connectivity index (χ1v) is 3.98. The molecule has 0 unspecified atom stereocenters. The van der Waals surface area contributed by atoms with E-state index >= 15 is 0 Å². The van der Waals surface area contributed by atoms with E-state index in [1.165, 1.54) is 11.1 Å². The Hall–Kier alpha value is -1.04. The predicted octanol–water partition coefficient (Wildman–Crippen LogP) is 2.82. The lowest BCUT2D eigenvalue weighted by molar-refractivity contribution is 0.870. The molecule has 0 bridgehead atoms. The van der Waals surface area contributed by atoms with E-state index in [-0.39, 0.29) is 5.41 Å². The van der Waals surface area contributed by atoms with Gasteiger partial charge >= 0.3 is 0 Å². The standard InChI is InChI=1S/C11H12/c1-9-3-5-10(6-4-9)11(2)7-8-11/h3-8H,1-2H3. The number of aryl methyl sites for hydroxylation is 1. The molecule has 0 atom stereocenters. The number of allylic oxidation sites excluding steroid dienone is 2. The van der Waals surface area contributed by atoms with Crippen molar-refractivity contribution in [1.82, 2.24) is 0 Å². The second-order valence-electron chi connectivity index (χ2n) is 3.48. The largest absolute Gasteiger partial charge is 0.0733 e. The maximum absolute atomic E-state index is 2.23. The molecule has 1 aliphatic rings. The van der Waals surface area contributed by atoms with Gasteiger partial charge in [-0.3, -0.25) is 0 Å². The quantitative estimate of drug-likeness (QED) is 0.532. The first-order chi connectivity index (χ1) is 5.21. The number of rotatable bonds is 1. The second kappa shape index (κ2) is 1.97. The van der Waals surface area contributed by atoms with Crippen LogP contribution < -0.4 is 0 Å². The molecule has 0 amide bonds. The maximum atomic E-state index is 2.23. The predicted molar refractivity (Wildman–Crippen MR) is 47.7 cm³/mol. The van der Waals surface area contributed by atoms with Gasteiger partial charge in [-0.05, 0) is 19.4 Å². The van der Waals surface area contributed by atoms with Crippen molar-refractivity contribution in [2.75, 3.05) is 0 Å². The minimum atomic E-state index is 0.285. The van der Waals surface area contributed by atoms with Gasteiger partial charge in [0.15, 0.2) is 0 Å². The summed E-state index contributed by atoms with van der Waals surface area (Å²) in [5, 5.41) is 0. The van der Waals surface area contributed by atoms with Crippen molar-refractivity contribution in [1.29, 1.82) is 0 Å². The van der Waals surface area contributed by atoms with Crippen LogP contribution in [-0.4, -0.2) is 0 Å². The van der Waals surface area contributed by atoms with Crippen molar-refractivity contribution >= 4 is 0 Å². The molecule has 0 aliphatic heterocycles. The molecule has 2 rings (SSSR count). The van der Waals surface area contributed by atoms with E-state index in [0.717, 1.165) is 0 Å². The second-order valence-corrected chi connectivity index (χ2v) is 3.48. The topological polar surface area (TPSA) is 0 Å². The van der Waals surface area contributed by atoms with E-state index < -0.39 is 0 Å². The van der Waals surface area contributed by atoms with Gasteiger partial charge in [0.2, 0.25) is 0 Å². The average molecular weight is 144 g/mol. The van der Waals surface area contributed by atoms with Crippen molar-refractivity contribution < 1.29 is 0 Å². The molecule has 1 aliphatic carbocycles. The van der Waals surface area contributed by atoms with Crippen LogP contribution in [-0.2, 0) is 5.41 Å². The van der Waals surface area contributed by atoms with Gasteiger partial charge in [0, 0.05) is 5.41 Å². The van der Waals surface area contributed by atoms with Crippen molar-refractivity contribution in [3.8, 4) is 0 Å².